The van der Waals surface area contributed by atoms with Gasteiger partial charge >= 0.3 is 0 Å². The zero-order valence-electron chi connectivity index (χ0n) is 15.8. The smallest absolute Gasteiger partial charge is 0.230 e. The first-order valence-corrected chi connectivity index (χ1v) is 10.3. The van der Waals surface area contributed by atoms with Gasteiger partial charge in [-0.15, -0.1) is 5.10 Å². The predicted octanol–water partition coefficient (Wildman–Crippen LogP) is 3.01. The van der Waals surface area contributed by atoms with Crippen molar-refractivity contribution in [2.75, 3.05) is 26.3 Å². The summed E-state index contributed by atoms with van der Waals surface area (Å²) in [6, 6.07) is 3.40. The molecule has 1 aromatic carbocycles. The van der Waals surface area contributed by atoms with E-state index in [2.05, 4.69) is 15.0 Å². The lowest BCUT2D eigenvalue weighted by Crippen LogP contribution is -2.46. The molecule has 0 radical (unpaired) electrons. The number of halogens is 2. The van der Waals surface area contributed by atoms with E-state index in [1.807, 2.05) is 0 Å². The van der Waals surface area contributed by atoms with Gasteiger partial charge in [0.1, 0.15) is 5.82 Å². The fourth-order valence-electron chi connectivity index (χ4n) is 4.15. The van der Waals surface area contributed by atoms with Crippen LogP contribution in [0.3, 0.4) is 0 Å². The number of rotatable bonds is 3. The highest BCUT2D eigenvalue weighted by Gasteiger charge is 2.42. The van der Waals surface area contributed by atoms with E-state index in [1.165, 1.54) is 21.9 Å². The van der Waals surface area contributed by atoms with Gasteiger partial charge in [0.05, 0.1) is 24.1 Å². The molecule has 0 amide bonds. The van der Waals surface area contributed by atoms with E-state index in [1.54, 1.807) is 13.0 Å². The Morgan fingerprint density at radius 1 is 1.17 bits per heavy atom. The number of aryl methyl sites for hydroxylation is 1. The van der Waals surface area contributed by atoms with E-state index in [0.29, 0.717) is 60.4 Å². The molecule has 1 unspecified atom stereocenters. The fourth-order valence-corrected chi connectivity index (χ4v) is 5.31. The minimum Gasteiger partial charge on any atom is -0.492 e. The van der Waals surface area contributed by atoms with E-state index in [-0.39, 0.29) is 5.88 Å². The molecule has 0 aliphatic carbocycles. The molecule has 2 fully saturated rings. The van der Waals surface area contributed by atoms with Crippen molar-refractivity contribution >= 4 is 16.3 Å². The van der Waals surface area contributed by atoms with E-state index in [0.717, 1.165) is 6.07 Å². The van der Waals surface area contributed by atoms with Crippen molar-refractivity contribution in [3.63, 3.8) is 0 Å². The summed E-state index contributed by atoms with van der Waals surface area (Å²) >= 11 is 1.29. The maximum atomic E-state index is 14.0. The van der Waals surface area contributed by atoms with Crippen LogP contribution in [0, 0.1) is 18.6 Å². The number of hydrogen-bond donors (Lipinski definition) is 1. The number of piperidine rings is 1. The topological polar surface area (TPSA) is 72.1 Å². The van der Waals surface area contributed by atoms with Crippen molar-refractivity contribution in [1.29, 1.82) is 0 Å². The maximum absolute atomic E-state index is 14.0. The molecular weight excluding hydrogens is 402 g/mol. The second-order valence-electron chi connectivity index (χ2n) is 7.36. The molecule has 1 spiro atoms. The molecule has 1 atom stereocenters. The number of thiazole rings is 1. The molecule has 3 aromatic rings. The maximum Gasteiger partial charge on any atom is 0.230 e. The number of aromatic hydroxyl groups is 1. The van der Waals surface area contributed by atoms with Gasteiger partial charge in [0, 0.05) is 25.9 Å². The van der Waals surface area contributed by atoms with Crippen LogP contribution in [0.25, 0.3) is 4.96 Å². The summed E-state index contributed by atoms with van der Waals surface area (Å²) in [4.78, 5) is 7.60. The van der Waals surface area contributed by atoms with Gasteiger partial charge in [0.25, 0.3) is 0 Å². The molecule has 0 saturated carbocycles. The van der Waals surface area contributed by atoms with Crippen LogP contribution in [0.15, 0.2) is 18.2 Å². The third kappa shape index (κ3) is 3.20. The number of aromatic nitrogens is 3. The molecule has 7 nitrogen and oxygen atoms in total. The molecule has 2 aliphatic heterocycles. The summed E-state index contributed by atoms with van der Waals surface area (Å²) in [5.74, 6) is -1.86. The molecule has 0 bridgehead atoms. The highest BCUT2D eigenvalue weighted by Crippen LogP contribution is 2.43. The monoisotopic (exact) mass is 422 g/mol. The second-order valence-corrected chi connectivity index (χ2v) is 8.37. The quantitative estimate of drug-likeness (QED) is 0.700. The van der Waals surface area contributed by atoms with Crippen LogP contribution in [0.2, 0.25) is 0 Å². The standard InChI is InChI=1S/C19H20F2N4O3S/c1-11-22-18-25(23-11)17(26)16(29-18)15(12-2-3-13(20)14(21)10-12)24-6-4-19(5-7-24)27-8-9-28-19/h2-3,10,15,26H,4-9H2,1H3. The lowest BCUT2D eigenvalue weighted by molar-refractivity contribution is -0.187. The number of benzene rings is 1. The van der Waals surface area contributed by atoms with Gasteiger partial charge in [-0.1, -0.05) is 17.4 Å². The van der Waals surface area contributed by atoms with Crippen molar-refractivity contribution < 1.29 is 23.4 Å². The minimum atomic E-state index is -0.918. The number of ether oxygens (including phenoxy) is 2. The van der Waals surface area contributed by atoms with Gasteiger partial charge in [0.15, 0.2) is 17.4 Å². The first-order valence-electron chi connectivity index (χ1n) is 9.48. The SMILES string of the molecule is Cc1nc2sc(C(c3ccc(F)c(F)c3)N3CCC4(CC3)OCCO4)c(O)n2n1. The minimum absolute atomic E-state index is 0.0333. The second kappa shape index (κ2) is 6.98. The van der Waals surface area contributed by atoms with Gasteiger partial charge in [0.2, 0.25) is 10.8 Å². The Labute approximate surface area is 169 Å². The van der Waals surface area contributed by atoms with Crippen LogP contribution in [-0.2, 0) is 9.47 Å². The van der Waals surface area contributed by atoms with Gasteiger partial charge in [-0.3, -0.25) is 4.90 Å². The van der Waals surface area contributed by atoms with Gasteiger partial charge in [-0.05, 0) is 24.6 Å². The summed E-state index contributed by atoms with van der Waals surface area (Å²) in [6.45, 7) is 4.16. The van der Waals surface area contributed by atoms with Gasteiger partial charge in [-0.2, -0.15) is 4.52 Å². The van der Waals surface area contributed by atoms with E-state index in [9.17, 15) is 13.9 Å². The Morgan fingerprint density at radius 2 is 1.90 bits per heavy atom. The van der Waals surface area contributed by atoms with Crippen molar-refractivity contribution in [2.24, 2.45) is 0 Å². The average Bonchev–Trinajstić information content (AvgIpc) is 3.38. The third-order valence-electron chi connectivity index (χ3n) is 5.55. The summed E-state index contributed by atoms with van der Waals surface area (Å²) in [7, 11) is 0. The molecule has 4 heterocycles. The summed E-state index contributed by atoms with van der Waals surface area (Å²) in [6.07, 6.45) is 1.32. The molecule has 1 N–H and O–H groups in total. The molecular formula is C19H20F2N4O3S. The lowest BCUT2D eigenvalue weighted by Gasteiger charge is -2.41. The predicted molar refractivity (Wildman–Crippen MR) is 101 cm³/mol. The van der Waals surface area contributed by atoms with Crippen LogP contribution in [0.5, 0.6) is 5.88 Å². The zero-order valence-corrected chi connectivity index (χ0v) is 16.6. The Morgan fingerprint density at radius 3 is 2.55 bits per heavy atom. The molecule has 5 rings (SSSR count). The van der Waals surface area contributed by atoms with Crippen molar-refractivity contribution in [2.45, 2.75) is 31.6 Å². The van der Waals surface area contributed by atoms with Crippen LogP contribution >= 0.6 is 11.3 Å². The van der Waals surface area contributed by atoms with E-state index < -0.39 is 23.5 Å². The average molecular weight is 422 g/mol. The summed E-state index contributed by atoms with van der Waals surface area (Å²) in [5.41, 5.74) is 0.560. The molecule has 154 valence electrons. The number of hydrogen-bond acceptors (Lipinski definition) is 7. The third-order valence-corrected chi connectivity index (χ3v) is 6.62. The Hall–Kier alpha value is -2.14. The molecule has 2 aliphatic rings. The molecule has 29 heavy (non-hydrogen) atoms. The Bertz CT molecular complexity index is 1050. The van der Waals surface area contributed by atoms with Crippen molar-refractivity contribution in [3.05, 3.63) is 46.1 Å². The molecule has 2 saturated heterocycles. The number of fused-ring (bicyclic) bond motifs is 1. The normalized spacial score (nSPS) is 20.7. The number of nitrogens with zero attached hydrogens (tertiary/aromatic N) is 4. The Kier molecular flexibility index (Phi) is 4.54. The van der Waals surface area contributed by atoms with E-state index in [4.69, 9.17) is 9.47 Å². The van der Waals surface area contributed by atoms with Gasteiger partial charge < -0.3 is 14.6 Å². The van der Waals surface area contributed by atoms with Crippen molar-refractivity contribution in [3.8, 4) is 5.88 Å². The van der Waals surface area contributed by atoms with Crippen LogP contribution in [0.1, 0.15) is 35.1 Å². The first-order chi connectivity index (χ1) is 14.0. The van der Waals surface area contributed by atoms with Crippen molar-refractivity contribution in [1.82, 2.24) is 19.5 Å². The zero-order chi connectivity index (χ0) is 20.2. The molecule has 10 heteroatoms. The van der Waals surface area contributed by atoms with Crippen LogP contribution in [0.4, 0.5) is 8.78 Å². The summed E-state index contributed by atoms with van der Waals surface area (Å²) in [5, 5.41) is 15.0. The summed E-state index contributed by atoms with van der Waals surface area (Å²) < 4.78 is 40.6. The highest BCUT2D eigenvalue weighted by molar-refractivity contribution is 7.17. The largest absolute Gasteiger partial charge is 0.492 e. The fraction of sp³-hybridized carbons (Fsp3) is 0.474. The Balaban J connectivity index is 1.54. The van der Waals surface area contributed by atoms with Crippen LogP contribution < -0.4 is 0 Å². The highest BCUT2D eigenvalue weighted by atomic mass is 32.1. The molecule has 2 aromatic heterocycles. The number of likely N-dealkylation sites (tertiary alicyclic amines) is 1. The van der Waals surface area contributed by atoms with Gasteiger partial charge in [-0.25, -0.2) is 13.8 Å². The van der Waals surface area contributed by atoms with E-state index >= 15 is 0 Å². The first kappa shape index (κ1) is 18.9. The van der Waals surface area contributed by atoms with Crippen LogP contribution in [-0.4, -0.2) is 56.7 Å². The lowest BCUT2D eigenvalue weighted by atomic mass is 9.97.